The molecule has 0 unspecified atom stereocenters. The Labute approximate surface area is 439 Å². The molecular formula is C72H46N4. The number of aromatic nitrogens is 4. The largest absolute Gasteiger partial charge is 0.244 e. The van der Waals surface area contributed by atoms with Crippen molar-refractivity contribution < 1.29 is 0 Å². The van der Waals surface area contributed by atoms with Crippen LogP contribution in [0.3, 0.4) is 0 Å². The molecule has 12 aromatic carbocycles. The first-order chi connectivity index (χ1) is 37.6. The average Bonchev–Trinajstić information content (AvgIpc) is 3.62. The van der Waals surface area contributed by atoms with E-state index in [2.05, 4.69) is 231 Å². The molecule has 76 heavy (non-hydrogen) atoms. The second-order valence-corrected chi connectivity index (χ2v) is 20.6. The van der Waals surface area contributed by atoms with Gasteiger partial charge in [0.2, 0.25) is 0 Å². The summed E-state index contributed by atoms with van der Waals surface area (Å²) in [5.74, 6) is 0. The summed E-state index contributed by atoms with van der Waals surface area (Å²) in [6.45, 7) is 0. The highest BCUT2D eigenvalue weighted by Gasteiger charge is 2.22. The molecule has 0 N–H and O–H groups in total. The summed E-state index contributed by atoms with van der Waals surface area (Å²) >= 11 is 0. The van der Waals surface area contributed by atoms with Crippen LogP contribution >= 0.6 is 0 Å². The van der Waals surface area contributed by atoms with Gasteiger partial charge >= 0.3 is 0 Å². The Hall–Kier alpha value is -9.64. The highest BCUT2D eigenvalue weighted by molar-refractivity contribution is 6.26. The highest BCUT2D eigenvalue weighted by Crippen LogP contribution is 2.44. The maximum Gasteiger partial charge on any atom is 0.0980 e. The van der Waals surface area contributed by atoms with Crippen molar-refractivity contribution in [3.05, 3.63) is 247 Å². The molecule has 16 rings (SSSR count). The number of benzene rings is 12. The zero-order chi connectivity index (χ0) is 49.8. The lowest BCUT2D eigenvalue weighted by Gasteiger charge is -2.22. The van der Waals surface area contributed by atoms with Gasteiger partial charge in [0, 0.05) is 32.7 Å². The third-order valence-electron chi connectivity index (χ3n) is 16.3. The minimum Gasteiger partial charge on any atom is -0.244 e. The van der Waals surface area contributed by atoms with Crippen LogP contribution in [0.1, 0.15) is 29.5 Å². The van der Waals surface area contributed by atoms with Crippen molar-refractivity contribution in [1.82, 2.24) is 19.9 Å². The first-order valence-electron chi connectivity index (χ1n) is 26.6. The van der Waals surface area contributed by atoms with Crippen molar-refractivity contribution >= 4 is 92.8 Å². The third kappa shape index (κ3) is 6.77. The van der Waals surface area contributed by atoms with E-state index in [1.807, 2.05) is 0 Å². The SMILES string of the molecule is C1=CC(c2ccc3c4ccc(-c5ccccc5)cc4c4nc5c(-c6ccc7c(c6)CCc6cc(-c8cccc9nc%10c%11cc(-c%12ccccc%12)ccc%11c%11ccccc%11c%10nc89)ccc6-7)cccc5nc4c3c2)=CCC1. The summed E-state index contributed by atoms with van der Waals surface area (Å²) in [5, 5.41) is 9.23. The second-order valence-electron chi connectivity index (χ2n) is 20.6. The molecule has 0 saturated carbocycles. The summed E-state index contributed by atoms with van der Waals surface area (Å²) in [7, 11) is 0. The van der Waals surface area contributed by atoms with Gasteiger partial charge in [0.05, 0.1) is 44.1 Å². The lowest BCUT2D eigenvalue weighted by atomic mass is 9.82. The van der Waals surface area contributed by atoms with Crippen LogP contribution in [0.5, 0.6) is 0 Å². The lowest BCUT2D eigenvalue weighted by Crippen LogP contribution is -2.04. The number of hydrogen-bond acceptors (Lipinski definition) is 4. The van der Waals surface area contributed by atoms with Crippen LogP contribution in [0.15, 0.2) is 231 Å². The molecule has 2 aliphatic rings. The zero-order valence-corrected chi connectivity index (χ0v) is 41.6. The van der Waals surface area contributed by atoms with Crippen molar-refractivity contribution in [2.24, 2.45) is 0 Å². The van der Waals surface area contributed by atoms with Crippen LogP contribution in [0.2, 0.25) is 0 Å². The van der Waals surface area contributed by atoms with Gasteiger partial charge in [-0.25, -0.2) is 19.9 Å². The molecule has 0 saturated heterocycles. The van der Waals surface area contributed by atoms with E-state index in [-0.39, 0.29) is 0 Å². The van der Waals surface area contributed by atoms with E-state index in [9.17, 15) is 0 Å². The van der Waals surface area contributed by atoms with Crippen LogP contribution in [-0.4, -0.2) is 19.9 Å². The van der Waals surface area contributed by atoms with Crippen LogP contribution in [0.4, 0.5) is 0 Å². The van der Waals surface area contributed by atoms with Crippen molar-refractivity contribution in [3.8, 4) is 55.6 Å². The van der Waals surface area contributed by atoms with E-state index in [0.29, 0.717) is 0 Å². The van der Waals surface area contributed by atoms with Gasteiger partial charge in [0.15, 0.2) is 0 Å². The molecule has 0 fully saturated rings. The minimum atomic E-state index is 0.895. The van der Waals surface area contributed by atoms with E-state index in [0.717, 1.165) is 114 Å². The molecule has 0 spiro atoms. The quantitative estimate of drug-likeness (QED) is 0.127. The molecule has 0 bridgehead atoms. The fourth-order valence-corrected chi connectivity index (χ4v) is 12.6. The predicted molar refractivity (Wildman–Crippen MR) is 319 cm³/mol. The van der Waals surface area contributed by atoms with Gasteiger partial charge in [0.25, 0.3) is 0 Å². The molecule has 0 amide bonds. The zero-order valence-electron chi connectivity index (χ0n) is 41.6. The van der Waals surface area contributed by atoms with Gasteiger partial charge in [-0.1, -0.05) is 200 Å². The topological polar surface area (TPSA) is 51.6 Å². The minimum absolute atomic E-state index is 0.895. The standard InChI is InChI=1S/C72H46N4/c1-4-14-43(15-5-1)46-28-35-58-57-20-10-11-21-61(57)69-70(62(58)40-46)73-65-24-12-22-55(67(65)75-69)51-31-33-53-49(38-51)26-27-50-39-52(32-34-54(50)53)56-23-13-25-66-68(56)76-72-64-42-48(45-18-8-3-9-19-45)30-37-60(64)59-36-29-47(41-63(59)71(72)74-66)44-16-6-2-7-17-44/h1,3-6,8-25,28-42H,2,7,26-27H2. The maximum atomic E-state index is 5.68. The van der Waals surface area contributed by atoms with Crippen LogP contribution in [-0.2, 0) is 12.8 Å². The highest BCUT2D eigenvalue weighted by atomic mass is 14.8. The Bertz CT molecular complexity index is 4860. The molecule has 4 heteroatoms. The second kappa shape index (κ2) is 17.0. The fraction of sp³-hybridized carbons (Fsp3) is 0.0556. The van der Waals surface area contributed by atoms with E-state index in [1.165, 1.54) is 77.2 Å². The summed E-state index contributed by atoms with van der Waals surface area (Å²) in [6.07, 6.45) is 10.9. The Morgan fingerprint density at radius 1 is 0.263 bits per heavy atom. The number of rotatable bonds is 5. The Morgan fingerprint density at radius 2 is 0.711 bits per heavy atom. The van der Waals surface area contributed by atoms with Gasteiger partial charge < -0.3 is 0 Å². The number of fused-ring (bicyclic) bond motifs is 17. The summed E-state index contributed by atoms with van der Waals surface area (Å²) in [4.78, 5) is 22.2. The molecule has 0 aliphatic heterocycles. The average molecular weight is 967 g/mol. The number of allylic oxidation sites excluding steroid dienone is 4. The summed E-state index contributed by atoms with van der Waals surface area (Å²) in [5.41, 5.74) is 24.3. The molecule has 2 aliphatic carbocycles. The molecule has 14 aromatic rings. The Kier molecular flexibility index (Phi) is 9.55. The first-order valence-corrected chi connectivity index (χ1v) is 26.6. The third-order valence-corrected chi connectivity index (χ3v) is 16.3. The summed E-state index contributed by atoms with van der Waals surface area (Å²) in [6, 6.07) is 77.3. The van der Waals surface area contributed by atoms with Crippen molar-refractivity contribution in [2.75, 3.05) is 0 Å². The van der Waals surface area contributed by atoms with Gasteiger partial charge in [-0.15, -0.1) is 0 Å². The molecule has 0 radical (unpaired) electrons. The van der Waals surface area contributed by atoms with Crippen LogP contribution in [0, 0.1) is 0 Å². The number of hydrogen-bond donors (Lipinski definition) is 0. The normalized spacial score (nSPS) is 13.3. The van der Waals surface area contributed by atoms with Crippen molar-refractivity contribution in [3.63, 3.8) is 0 Å². The molecule has 2 heterocycles. The summed E-state index contributed by atoms with van der Waals surface area (Å²) < 4.78 is 0. The monoisotopic (exact) mass is 966 g/mol. The Balaban J connectivity index is 0.801. The van der Waals surface area contributed by atoms with Gasteiger partial charge in [-0.2, -0.15) is 0 Å². The van der Waals surface area contributed by atoms with Gasteiger partial charge in [-0.3, -0.25) is 0 Å². The molecular weight excluding hydrogens is 921 g/mol. The number of aryl methyl sites for hydroxylation is 2. The Morgan fingerprint density at radius 3 is 1.24 bits per heavy atom. The predicted octanol–water partition coefficient (Wildman–Crippen LogP) is 18.7. The molecule has 0 atom stereocenters. The van der Waals surface area contributed by atoms with E-state index in [1.54, 1.807) is 0 Å². The maximum absolute atomic E-state index is 5.68. The smallest absolute Gasteiger partial charge is 0.0980 e. The van der Waals surface area contributed by atoms with Crippen molar-refractivity contribution in [1.29, 1.82) is 0 Å². The number of para-hydroxylation sites is 2. The van der Waals surface area contributed by atoms with E-state index >= 15 is 0 Å². The lowest BCUT2D eigenvalue weighted by molar-refractivity contribution is 0.943. The van der Waals surface area contributed by atoms with Crippen LogP contribution < -0.4 is 0 Å². The van der Waals surface area contributed by atoms with E-state index < -0.39 is 0 Å². The molecule has 354 valence electrons. The van der Waals surface area contributed by atoms with Crippen molar-refractivity contribution in [2.45, 2.75) is 25.7 Å². The van der Waals surface area contributed by atoms with Gasteiger partial charge in [0.1, 0.15) is 0 Å². The fourth-order valence-electron chi connectivity index (χ4n) is 12.6. The molecule has 4 nitrogen and oxygen atoms in total. The van der Waals surface area contributed by atoms with E-state index in [4.69, 9.17) is 19.9 Å². The van der Waals surface area contributed by atoms with Gasteiger partial charge in [-0.05, 0) is 144 Å². The van der Waals surface area contributed by atoms with Crippen LogP contribution in [0.25, 0.3) is 148 Å². The molecule has 2 aromatic heterocycles. The first kappa shape index (κ1) is 42.8. The number of nitrogens with zero attached hydrogens (tertiary/aromatic N) is 4.